The molecule has 0 unspecified atom stereocenters. The van der Waals surface area contributed by atoms with E-state index in [-0.39, 0.29) is 5.69 Å². The van der Waals surface area contributed by atoms with Crippen LogP contribution < -0.4 is 10.2 Å². The molecule has 6 nitrogen and oxygen atoms in total. The summed E-state index contributed by atoms with van der Waals surface area (Å²) in [5.74, 6) is -2.34. The van der Waals surface area contributed by atoms with Gasteiger partial charge in [-0.25, -0.2) is 14.1 Å². The van der Waals surface area contributed by atoms with E-state index in [0.717, 1.165) is 17.0 Å². The predicted molar refractivity (Wildman–Crippen MR) is 58.5 cm³/mol. The minimum absolute atomic E-state index is 0.201. The Bertz CT molecular complexity index is 514. The Balaban J connectivity index is 2.24. The molecule has 7 heteroatoms. The smallest absolute Gasteiger partial charge is 0.329 e. The van der Waals surface area contributed by atoms with Crippen molar-refractivity contribution in [2.75, 3.05) is 4.90 Å². The second kappa shape index (κ2) is 4.44. The molecule has 1 atom stereocenters. The van der Waals surface area contributed by atoms with Crippen LogP contribution >= 0.6 is 0 Å². The molecule has 2 rings (SSSR count). The van der Waals surface area contributed by atoms with Gasteiger partial charge in [0.2, 0.25) is 0 Å². The average Bonchev–Trinajstić information content (AvgIpc) is 2.55. The van der Waals surface area contributed by atoms with E-state index in [1.807, 2.05) is 0 Å². The molecular weight excluding hydrogens is 243 g/mol. The summed E-state index contributed by atoms with van der Waals surface area (Å²) in [5.41, 5.74) is 0.201. The van der Waals surface area contributed by atoms with E-state index < -0.39 is 36.2 Å². The Morgan fingerprint density at radius 2 is 1.94 bits per heavy atom. The zero-order valence-corrected chi connectivity index (χ0v) is 9.09. The lowest BCUT2D eigenvalue weighted by Gasteiger charge is -2.12. The van der Waals surface area contributed by atoms with E-state index in [2.05, 4.69) is 5.32 Å². The number of rotatable bonds is 3. The number of carbonyl (C=O) groups excluding carboxylic acids is 2. The molecule has 3 amide bonds. The first-order valence-corrected chi connectivity index (χ1v) is 5.11. The molecule has 1 fully saturated rings. The van der Waals surface area contributed by atoms with Gasteiger partial charge in [-0.15, -0.1) is 0 Å². The molecule has 18 heavy (non-hydrogen) atoms. The number of anilines is 1. The van der Waals surface area contributed by atoms with Gasteiger partial charge in [0, 0.05) is 0 Å². The van der Waals surface area contributed by atoms with Crippen LogP contribution in [0.1, 0.15) is 6.42 Å². The molecule has 94 valence electrons. The Morgan fingerprint density at radius 1 is 1.33 bits per heavy atom. The fourth-order valence-corrected chi connectivity index (χ4v) is 1.68. The van der Waals surface area contributed by atoms with Gasteiger partial charge >= 0.3 is 12.0 Å². The van der Waals surface area contributed by atoms with Crippen molar-refractivity contribution in [2.45, 2.75) is 12.5 Å². The minimum atomic E-state index is -1.19. The molecule has 1 aromatic carbocycles. The van der Waals surface area contributed by atoms with Gasteiger partial charge in [0.15, 0.2) is 0 Å². The molecule has 1 aromatic rings. The molecule has 1 saturated heterocycles. The summed E-state index contributed by atoms with van der Waals surface area (Å²) in [5, 5.41) is 10.9. The maximum Gasteiger partial charge on any atom is 0.329 e. The number of urea groups is 1. The number of carboxylic acids is 1. The number of carboxylic acid groups (broad SMARTS) is 1. The molecular formula is C11H9FN2O4. The largest absolute Gasteiger partial charge is 0.481 e. The van der Waals surface area contributed by atoms with Crippen LogP contribution in [0.15, 0.2) is 24.3 Å². The number of hydrogen-bond acceptors (Lipinski definition) is 3. The molecule has 0 spiro atoms. The monoisotopic (exact) mass is 252 g/mol. The predicted octanol–water partition coefficient (Wildman–Crippen LogP) is 0.725. The van der Waals surface area contributed by atoms with Crippen LogP contribution in [0.5, 0.6) is 0 Å². The number of nitrogens with zero attached hydrogens (tertiary/aromatic N) is 1. The number of benzene rings is 1. The lowest BCUT2D eigenvalue weighted by molar-refractivity contribution is -0.139. The van der Waals surface area contributed by atoms with Gasteiger partial charge in [0.25, 0.3) is 5.91 Å². The van der Waals surface area contributed by atoms with Gasteiger partial charge in [-0.2, -0.15) is 0 Å². The Morgan fingerprint density at radius 3 is 2.50 bits per heavy atom. The van der Waals surface area contributed by atoms with E-state index >= 15 is 0 Å². The van der Waals surface area contributed by atoms with Gasteiger partial charge in [-0.1, -0.05) is 0 Å². The topological polar surface area (TPSA) is 86.7 Å². The molecule has 0 bridgehead atoms. The van der Waals surface area contributed by atoms with Gasteiger partial charge in [0.05, 0.1) is 12.1 Å². The number of carbonyl (C=O) groups is 3. The van der Waals surface area contributed by atoms with E-state index in [1.54, 1.807) is 0 Å². The summed E-state index contributed by atoms with van der Waals surface area (Å²) in [4.78, 5) is 34.7. The van der Waals surface area contributed by atoms with Crippen LogP contribution in [0, 0.1) is 5.82 Å². The van der Waals surface area contributed by atoms with Crippen LogP contribution in [-0.4, -0.2) is 29.1 Å². The van der Waals surface area contributed by atoms with Crippen molar-refractivity contribution in [1.82, 2.24) is 5.32 Å². The normalized spacial score (nSPS) is 18.9. The first kappa shape index (κ1) is 12.0. The highest BCUT2D eigenvalue weighted by atomic mass is 19.1. The van der Waals surface area contributed by atoms with Crippen molar-refractivity contribution >= 4 is 23.6 Å². The Kier molecular flexibility index (Phi) is 2.97. The molecule has 2 N–H and O–H groups in total. The van der Waals surface area contributed by atoms with Gasteiger partial charge in [-0.05, 0) is 24.3 Å². The van der Waals surface area contributed by atoms with Gasteiger partial charge in [0.1, 0.15) is 11.9 Å². The molecule has 0 radical (unpaired) electrons. The van der Waals surface area contributed by atoms with E-state index in [0.29, 0.717) is 0 Å². The third kappa shape index (κ3) is 2.15. The second-order valence-electron chi connectivity index (χ2n) is 3.75. The highest BCUT2D eigenvalue weighted by molar-refractivity contribution is 6.21. The fourth-order valence-electron chi connectivity index (χ4n) is 1.68. The summed E-state index contributed by atoms with van der Waals surface area (Å²) in [6, 6.07) is 2.98. The first-order valence-electron chi connectivity index (χ1n) is 5.11. The van der Waals surface area contributed by atoms with Crippen LogP contribution in [0.3, 0.4) is 0 Å². The lowest BCUT2D eigenvalue weighted by Crippen LogP contribution is -2.32. The zero-order chi connectivity index (χ0) is 13.3. The molecule has 0 saturated carbocycles. The Hall–Kier alpha value is -2.44. The average molecular weight is 252 g/mol. The first-order chi connectivity index (χ1) is 8.49. The maximum absolute atomic E-state index is 12.7. The third-order valence-corrected chi connectivity index (χ3v) is 2.48. The molecule has 1 heterocycles. The number of imide groups is 1. The summed E-state index contributed by atoms with van der Waals surface area (Å²) < 4.78 is 12.7. The van der Waals surface area contributed by atoms with Crippen molar-refractivity contribution in [3.05, 3.63) is 30.1 Å². The van der Waals surface area contributed by atoms with Crippen LogP contribution in [0.4, 0.5) is 14.9 Å². The zero-order valence-electron chi connectivity index (χ0n) is 9.09. The van der Waals surface area contributed by atoms with Crippen molar-refractivity contribution < 1.29 is 23.9 Å². The standard InChI is InChI=1S/C11H9FN2O4/c12-6-1-3-7(4-2-6)14-10(17)8(5-9(15)16)13-11(14)18/h1-4,8H,5H2,(H,13,18)(H,15,16)/t8-/m0/s1. The minimum Gasteiger partial charge on any atom is -0.481 e. The summed E-state index contributed by atoms with van der Waals surface area (Å²) in [6.07, 6.45) is -0.484. The number of amides is 3. The lowest BCUT2D eigenvalue weighted by atomic mass is 10.2. The maximum atomic E-state index is 12.7. The number of halogens is 1. The van der Waals surface area contributed by atoms with Crippen molar-refractivity contribution in [2.24, 2.45) is 0 Å². The van der Waals surface area contributed by atoms with Gasteiger partial charge < -0.3 is 10.4 Å². The van der Waals surface area contributed by atoms with Crippen LogP contribution in [0.25, 0.3) is 0 Å². The van der Waals surface area contributed by atoms with Crippen molar-refractivity contribution in [3.8, 4) is 0 Å². The molecule has 0 aliphatic carbocycles. The molecule has 1 aliphatic rings. The molecule has 0 aromatic heterocycles. The van der Waals surface area contributed by atoms with Gasteiger partial charge in [-0.3, -0.25) is 9.59 Å². The van der Waals surface area contributed by atoms with Crippen LogP contribution in [-0.2, 0) is 9.59 Å². The van der Waals surface area contributed by atoms with Crippen molar-refractivity contribution in [1.29, 1.82) is 0 Å². The van der Waals surface area contributed by atoms with Crippen molar-refractivity contribution in [3.63, 3.8) is 0 Å². The van der Waals surface area contributed by atoms with Crippen LogP contribution in [0.2, 0.25) is 0 Å². The summed E-state index contributed by atoms with van der Waals surface area (Å²) in [7, 11) is 0. The SMILES string of the molecule is O=C(O)C[C@@H]1NC(=O)N(c2ccc(F)cc2)C1=O. The number of nitrogens with one attached hydrogen (secondary N) is 1. The number of aliphatic carboxylic acids is 1. The Labute approximate surface area is 101 Å². The second-order valence-corrected chi connectivity index (χ2v) is 3.75. The summed E-state index contributed by atoms with van der Waals surface area (Å²) in [6.45, 7) is 0. The quantitative estimate of drug-likeness (QED) is 0.776. The molecule has 1 aliphatic heterocycles. The van der Waals surface area contributed by atoms with E-state index in [9.17, 15) is 18.8 Å². The summed E-state index contributed by atoms with van der Waals surface area (Å²) >= 11 is 0. The van der Waals surface area contributed by atoms with E-state index in [1.165, 1.54) is 12.1 Å². The fraction of sp³-hybridized carbons (Fsp3) is 0.182. The highest BCUT2D eigenvalue weighted by Gasteiger charge is 2.39. The number of hydrogen-bond donors (Lipinski definition) is 2. The highest BCUT2D eigenvalue weighted by Crippen LogP contribution is 2.20. The van der Waals surface area contributed by atoms with E-state index in [4.69, 9.17) is 5.11 Å². The third-order valence-electron chi connectivity index (χ3n) is 2.48.